The van der Waals surface area contributed by atoms with E-state index < -0.39 is 13.9 Å². The number of hydrogen-bond acceptors (Lipinski definition) is 6. The molecule has 0 aromatic rings. The van der Waals surface area contributed by atoms with Crippen LogP contribution in [-0.4, -0.2) is 75.6 Å². The number of likely N-dealkylation sites (N-methyl/N-ethyl adjacent to an activating group) is 1. The lowest BCUT2D eigenvalue weighted by Crippen LogP contribution is -2.37. The number of rotatable bonds is 36. The van der Waals surface area contributed by atoms with Crippen molar-refractivity contribution in [1.29, 1.82) is 0 Å². The van der Waals surface area contributed by atoms with E-state index in [-0.39, 0.29) is 25.8 Å². The summed E-state index contributed by atoms with van der Waals surface area (Å²) in [6, 6.07) is 0. The molecule has 2 unspecified atom stereocenters. The zero-order valence-electron chi connectivity index (χ0n) is 32.4. The molecule has 0 aromatic heterocycles. The Balaban J connectivity index is 4.32. The monoisotopic (exact) mass is 715 g/mol. The standard InChI is InChI=1S/C40H76NO7P/c1-6-8-10-12-14-16-18-20-22-24-26-28-30-32-35-45-37-39(38-47-49(43,44)46-36-34-41(3,4)5)48-40(42)33-31-29-27-25-23-21-19-17-15-13-11-9-7-2/h10,12,16-19,39H,6-9,11,13-15,20-38H2,1-5H3/p+1/b12-10-,18-16-,19-17-. The molecule has 0 bridgehead atoms. The van der Waals surface area contributed by atoms with Gasteiger partial charge in [-0.2, -0.15) is 0 Å². The summed E-state index contributed by atoms with van der Waals surface area (Å²) >= 11 is 0. The van der Waals surface area contributed by atoms with Crippen molar-refractivity contribution in [3.05, 3.63) is 36.5 Å². The van der Waals surface area contributed by atoms with E-state index in [0.29, 0.717) is 24.1 Å². The maximum absolute atomic E-state index is 12.6. The molecule has 8 nitrogen and oxygen atoms in total. The fraction of sp³-hybridized carbons (Fsp3) is 0.825. The molecular weight excluding hydrogens is 637 g/mol. The third kappa shape index (κ3) is 37.8. The molecule has 0 aliphatic carbocycles. The number of phosphoric ester groups is 1. The molecule has 0 radical (unpaired) electrons. The van der Waals surface area contributed by atoms with Crippen LogP contribution >= 0.6 is 7.82 Å². The fourth-order valence-corrected chi connectivity index (χ4v) is 5.80. The first-order chi connectivity index (χ1) is 23.6. The van der Waals surface area contributed by atoms with E-state index in [1.54, 1.807) is 0 Å². The van der Waals surface area contributed by atoms with Crippen LogP contribution in [0.25, 0.3) is 0 Å². The highest BCUT2D eigenvalue weighted by molar-refractivity contribution is 7.47. The van der Waals surface area contributed by atoms with Gasteiger partial charge in [0.05, 0.1) is 34.4 Å². The molecule has 0 saturated carbocycles. The lowest BCUT2D eigenvalue weighted by molar-refractivity contribution is -0.870. The number of carbonyl (C=O) groups excluding carboxylic acids is 1. The Hall–Kier alpha value is -1.28. The van der Waals surface area contributed by atoms with E-state index in [1.165, 1.54) is 77.0 Å². The number of quaternary nitrogens is 1. The van der Waals surface area contributed by atoms with Crippen LogP contribution in [0, 0.1) is 0 Å². The number of esters is 1. The maximum Gasteiger partial charge on any atom is 0.472 e. The van der Waals surface area contributed by atoms with E-state index in [9.17, 15) is 14.3 Å². The van der Waals surface area contributed by atoms with Gasteiger partial charge in [-0.15, -0.1) is 0 Å². The molecule has 0 aliphatic rings. The molecule has 0 aliphatic heterocycles. The van der Waals surface area contributed by atoms with Crippen LogP contribution in [0.4, 0.5) is 0 Å². The van der Waals surface area contributed by atoms with Crippen LogP contribution in [0.2, 0.25) is 0 Å². The minimum absolute atomic E-state index is 0.0843. The van der Waals surface area contributed by atoms with Crippen molar-refractivity contribution in [2.45, 2.75) is 161 Å². The number of ether oxygens (including phenoxy) is 2. The van der Waals surface area contributed by atoms with Gasteiger partial charge >= 0.3 is 13.8 Å². The number of unbranched alkanes of at least 4 members (excludes halogenated alkanes) is 16. The largest absolute Gasteiger partial charge is 0.472 e. The van der Waals surface area contributed by atoms with Crippen LogP contribution in [0.3, 0.4) is 0 Å². The second kappa shape index (κ2) is 33.8. The zero-order chi connectivity index (χ0) is 36.3. The first-order valence-corrected chi connectivity index (χ1v) is 21.2. The number of carbonyl (C=O) groups is 1. The van der Waals surface area contributed by atoms with Crippen molar-refractivity contribution in [1.82, 2.24) is 0 Å². The van der Waals surface area contributed by atoms with Crippen LogP contribution in [-0.2, 0) is 27.9 Å². The molecule has 9 heteroatoms. The predicted molar refractivity (Wildman–Crippen MR) is 206 cm³/mol. The molecular formula is C40H77NO7P+. The normalized spacial score (nSPS) is 14.3. The van der Waals surface area contributed by atoms with Crippen molar-refractivity contribution in [3.8, 4) is 0 Å². The van der Waals surface area contributed by atoms with Crippen LogP contribution in [0.15, 0.2) is 36.5 Å². The second-order valence-corrected chi connectivity index (χ2v) is 15.8. The highest BCUT2D eigenvalue weighted by Gasteiger charge is 2.26. The van der Waals surface area contributed by atoms with Gasteiger partial charge in [-0.1, -0.05) is 121 Å². The summed E-state index contributed by atoms with van der Waals surface area (Å²) < 4.78 is 34.8. The summed E-state index contributed by atoms with van der Waals surface area (Å²) in [5.41, 5.74) is 0. The van der Waals surface area contributed by atoms with Crippen LogP contribution in [0.5, 0.6) is 0 Å². The quantitative estimate of drug-likeness (QED) is 0.0227. The molecule has 0 saturated heterocycles. The molecule has 0 rings (SSSR count). The minimum atomic E-state index is -4.27. The lowest BCUT2D eigenvalue weighted by Gasteiger charge is -2.24. The van der Waals surface area contributed by atoms with Crippen molar-refractivity contribution in [3.63, 3.8) is 0 Å². The van der Waals surface area contributed by atoms with Gasteiger partial charge in [-0.25, -0.2) is 4.57 Å². The Morgan fingerprint density at radius 3 is 1.76 bits per heavy atom. The van der Waals surface area contributed by atoms with Gasteiger partial charge in [0.15, 0.2) is 0 Å². The lowest BCUT2D eigenvalue weighted by atomic mass is 10.1. The van der Waals surface area contributed by atoms with Crippen molar-refractivity contribution in [2.75, 3.05) is 54.1 Å². The Morgan fingerprint density at radius 2 is 1.16 bits per heavy atom. The van der Waals surface area contributed by atoms with E-state index >= 15 is 0 Å². The number of allylic oxidation sites excluding steroid dienone is 6. The van der Waals surface area contributed by atoms with Crippen molar-refractivity contribution in [2.24, 2.45) is 0 Å². The van der Waals surface area contributed by atoms with Gasteiger partial charge in [0.2, 0.25) is 0 Å². The first-order valence-electron chi connectivity index (χ1n) is 19.7. The van der Waals surface area contributed by atoms with E-state index in [0.717, 1.165) is 57.8 Å². The SMILES string of the molecule is CCC/C=C\C/C=C\CCCCCCCCOCC(COP(=O)(O)OCC[N+](C)(C)C)OC(=O)CCCCCCC/C=C\CCCCCC. The third-order valence-corrected chi connectivity index (χ3v) is 9.14. The molecule has 0 heterocycles. The molecule has 2 atom stereocenters. The van der Waals surface area contributed by atoms with Gasteiger partial charge in [-0.05, 0) is 64.2 Å². The summed E-state index contributed by atoms with van der Waals surface area (Å²) in [6.45, 7) is 5.50. The summed E-state index contributed by atoms with van der Waals surface area (Å²) in [5, 5.41) is 0. The van der Waals surface area contributed by atoms with Crippen molar-refractivity contribution < 1.29 is 37.3 Å². The Morgan fingerprint density at radius 1 is 0.633 bits per heavy atom. The smallest absolute Gasteiger partial charge is 0.457 e. The topological polar surface area (TPSA) is 91.3 Å². The van der Waals surface area contributed by atoms with E-state index in [1.807, 2.05) is 21.1 Å². The van der Waals surface area contributed by atoms with Crippen molar-refractivity contribution >= 4 is 13.8 Å². The molecule has 288 valence electrons. The predicted octanol–water partition coefficient (Wildman–Crippen LogP) is 11.0. The number of hydrogen-bond donors (Lipinski definition) is 1. The van der Waals surface area contributed by atoms with Gasteiger partial charge < -0.3 is 18.9 Å². The highest BCUT2D eigenvalue weighted by Crippen LogP contribution is 2.43. The van der Waals surface area contributed by atoms with E-state index in [2.05, 4.69) is 50.3 Å². The molecule has 0 fully saturated rings. The summed E-state index contributed by atoms with van der Waals surface area (Å²) in [6.07, 6.45) is 37.4. The first kappa shape index (κ1) is 47.7. The number of nitrogens with zero attached hydrogens (tertiary/aromatic N) is 1. The maximum atomic E-state index is 12.6. The van der Waals surface area contributed by atoms with Crippen LogP contribution in [0.1, 0.15) is 155 Å². The summed E-state index contributed by atoms with van der Waals surface area (Å²) in [7, 11) is 1.65. The van der Waals surface area contributed by atoms with Gasteiger partial charge in [-0.3, -0.25) is 13.8 Å². The number of phosphoric acid groups is 1. The molecule has 49 heavy (non-hydrogen) atoms. The van der Waals surface area contributed by atoms with E-state index in [4.69, 9.17) is 18.5 Å². The summed E-state index contributed by atoms with van der Waals surface area (Å²) in [5.74, 6) is -0.329. The Kier molecular flexibility index (Phi) is 33.0. The molecule has 1 N–H and O–H groups in total. The van der Waals surface area contributed by atoms with Gasteiger partial charge in [0.25, 0.3) is 0 Å². The molecule has 0 spiro atoms. The average molecular weight is 715 g/mol. The molecule has 0 aromatic carbocycles. The van der Waals surface area contributed by atoms with Gasteiger partial charge in [0.1, 0.15) is 19.3 Å². The van der Waals surface area contributed by atoms with Crippen LogP contribution < -0.4 is 0 Å². The summed E-state index contributed by atoms with van der Waals surface area (Å²) in [4.78, 5) is 22.8. The fourth-order valence-electron chi connectivity index (χ4n) is 5.05. The van der Waals surface area contributed by atoms with Gasteiger partial charge in [0, 0.05) is 13.0 Å². The highest BCUT2D eigenvalue weighted by atomic mass is 31.2. The Bertz CT molecular complexity index is 884. The Labute approximate surface area is 302 Å². The average Bonchev–Trinajstić information content (AvgIpc) is 3.04. The second-order valence-electron chi connectivity index (χ2n) is 14.3. The zero-order valence-corrected chi connectivity index (χ0v) is 33.3. The third-order valence-electron chi connectivity index (χ3n) is 8.15. The molecule has 0 amide bonds. The minimum Gasteiger partial charge on any atom is -0.457 e.